The molecule has 0 aliphatic heterocycles. The minimum atomic E-state index is 0.657. The molecule has 0 atom stereocenters. The molecule has 0 aliphatic rings. The van der Waals surface area contributed by atoms with Crippen LogP contribution < -0.4 is 0 Å². The number of aryl methyl sites for hydroxylation is 1. The van der Waals surface area contributed by atoms with Crippen LogP contribution in [0.25, 0.3) is 11.1 Å². The number of para-hydroxylation sites is 1. The molecular weight excluding hydrogens is 242 g/mol. The molecule has 0 fully saturated rings. The number of halogens is 1. The number of fused-ring (bicyclic) bond motifs is 1. The highest BCUT2D eigenvalue weighted by Gasteiger charge is 2.06. The zero-order chi connectivity index (χ0) is 9.97. The van der Waals surface area contributed by atoms with Gasteiger partial charge >= 0.3 is 0 Å². The van der Waals surface area contributed by atoms with E-state index in [4.69, 9.17) is 10.8 Å². The van der Waals surface area contributed by atoms with Crippen molar-refractivity contribution in [2.45, 2.75) is 12.8 Å². The average molecular weight is 250 g/mol. The molecule has 1 aromatic carbocycles. The third kappa shape index (κ3) is 1.66. The predicted octanol–water partition coefficient (Wildman–Crippen LogP) is 3.16. The second-order valence-corrected chi connectivity index (χ2v) is 3.75. The van der Waals surface area contributed by atoms with E-state index in [1.54, 1.807) is 0 Å². The number of benzene rings is 1. The Balaban J connectivity index is 2.42. The lowest BCUT2D eigenvalue weighted by atomic mass is 10.3. The van der Waals surface area contributed by atoms with E-state index in [2.05, 4.69) is 26.8 Å². The number of aromatic nitrogens is 1. The van der Waals surface area contributed by atoms with Crippen molar-refractivity contribution in [1.82, 2.24) is 4.98 Å². The second kappa shape index (κ2) is 3.85. The van der Waals surface area contributed by atoms with Gasteiger partial charge in [-0.1, -0.05) is 6.07 Å². The minimum Gasteiger partial charge on any atom is -0.441 e. The number of terminal acetylenes is 1. The lowest BCUT2D eigenvalue weighted by Crippen LogP contribution is -1.81. The topological polar surface area (TPSA) is 26.0 Å². The quantitative estimate of drug-likeness (QED) is 0.765. The fourth-order valence-electron chi connectivity index (χ4n) is 1.25. The smallest absolute Gasteiger partial charge is 0.196 e. The van der Waals surface area contributed by atoms with Crippen LogP contribution in [0, 0.1) is 12.3 Å². The Morgan fingerprint density at radius 1 is 1.50 bits per heavy atom. The normalized spacial score (nSPS) is 10.3. The van der Waals surface area contributed by atoms with E-state index in [9.17, 15) is 0 Å². The van der Waals surface area contributed by atoms with Crippen LogP contribution in [0.3, 0.4) is 0 Å². The predicted molar refractivity (Wildman–Crippen MR) is 58.9 cm³/mol. The summed E-state index contributed by atoms with van der Waals surface area (Å²) in [6.07, 6.45) is 6.52. The number of oxazole rings is 1. The highest BCUT2D eigenvalue weighted by molar-refractivity contribution is 9.10. The SMILES string of the molecule is C#CCCc1nc2c(Br)cccc2o1. The number of hydrogen-bond acceptors (Lipinski definition) is 2. The first-order valence-electron chi connectivity index (χ1n) is 4.28. The lowest BCUT2D eigenvalue weighted by Gasteiger charge is -1.86. The van der Waals surface area contributed by atoms with Gasteiger partial charge < -0.3 is 4.42 Å². The first-order valence-corrected chi connectivity index (χ1v) is 5.08. The van der Waals surface area contributed by atoms with Gasteiger partial charge in [-0.05, 0) is 28.1 Å². The molecule has 0 unspecified atom stereocenters. The summed E-state index contributed by atoms with van der Waals surface area (Å²) < 4.78 is 6.46. The molecule has 2 nitrogen and oxygen atoms in total. The molecule has 0 saturated heterocycles. The monoisotopic (exact) mass is 249 g/mol. The van der Waals surface area contributed by atoms with Gasteiger partial charge in [0.05, 0.1) is 0 Å². The van der Waals surface area contributed by atoms with Gasteiger partial charge in [-0.3, -0.25) is 0 Å². The Kier molecular flexibility index (Phi) is 2.55. The fraction of sp³-hybridized carbons (Fsp3) is 0.182. The van der Waals surface area contributed by atoms with E-state index >= 15 is 0 Å². The average Bonchev–Trinajstić information content (AvgIpc) is 2.59. The van der Waals surface area contributed by atoms with Crippen LogP contribution in [0.4, 0.5) is 0 Å². The maximum atomic E-state index is 5.51. The largest absolute Gasteiger partial charge is 0.441 e. The zero-order valence-electron chi connectivity index (χ0n) is 7.46. The van der Waals surface area contributed by atoms with Crippen molar-refractivity contribution < 1.29 is 4.42 Å². The Hall–Kier alpha value is -1.27. The van der Waals surface area contributed by atoms with E-state index in [0.29, 0.717) is 18.7 Å². The summed E-state index contributed by atoms with van der Waals surface area (Å²) >= 11 is 3.42. The Labute approximate surface area is 90.5 Å². The number of hydrogen-bond donors (Lipinski definition) is 0. The maximum absolute atomic E-state index is 5.51. The maximum Gasteiger partial charge on any atom is 0.196 e. The summed E-state index contributed by atoms with van der Waals surface area (Å²) in [4.78, 5) is 4.34. The van der Waals surface area contributed by atoms with Gasteiger partial charge in [0.15, 0.2) is 11.5 Å². The summed E-state index contributed by atoms with van der Waals surface area (Å²) in [5, 5.41) is 0. The molecule has 0 aliphatic carbocycles. The number of nitrogens with zero attached hydrogens (tertiary/aromatic N) is 1. The molecule has 14 heavy (non-hydrogen) atoms. The first-order chi connectivity index (χ1) is 6.81. The van der Waals surface area contributed by atoms with Crippen LogP contribution in [0.15, 0.2) is 27.1 Å². The van der Waals surface area contributed by atoms with Crippen molar-refractivity contribution >= 4 is 27.0 Å². The Morgan fingerprint density at radius 2 is 2.36 bits per heavy atom. The van der Waals surface area contributed by atoms with Crippen LogP contribution in [-0.4, -0.2) is 4.98 Å². The molecule has 0 spiro atoms. The van der Waals surface area contributed by atoms with E-state index in [-0.39, 0.29) is 0 Å². The summed E-state index contributed by atoms with van der Waals surface area (Å²) in [5.41, 5.74) is 1.66. The second-order valence-electron chi connectivity index (χ2n) is 2.90. The number of rotatable bonds is 2. The summed E-state index contributed by atoms with van der Waals surface area (Å²) in [7, 11) is 0. The van der Waals surface area contributed by atoms with Gasteiger partial charge in [-0.25, -0.2) is 4.98 Å². The van der Waals surface area contributed by atoms with Gasteiger partial charge in [-0.2, -0.15) is 0 Å². The van der Waals surface area contributed by atoms with Gasteiger partial charge in [0, 0.05) is 17.3 Å². The molecule has 0 bridgehead atoms. The lowest BCUT2D eigenvalue weighted by molar-refractivity contribution is 0.531. The zero-order valence-corrected chi connectivity index (χ0v) is 9.04. The molecule has 0 radical (unpaired) electrons. The molecular formula is C11H8BrNO. The molecule has 70 valence electrons. The summed E-state index contributed by atoms with van der Waals surface area (Å²) in [5.74, 6) is 3.26. The fourth-order valence-corrected chi connectivity index (χ4v) is 1.68. The van der Waals surface area contributed by atoms with Crippen molar-refractivity contribution in [2.75, 3.05) is 0 Å². The molecule has 0 saturated carbocycles. The van der Waals surface area contributed by atoms with Crippen LogP contribution >= 0.6 is 15.9 Å². The van der Waals surface area contributed by atoms with Gasteiger partial charge in [-0.15, -0.1) is 12.3 Å². The van der Waals surface area contributed by atoms with Gasteiger partial charge in [0.2, 0.25) is 0 Å². The van der Waals surface area contributed by atoms with Crippen molar-refractivity contribution in [3.63, 3.8) is 0 Å². The standard InChI is InChI=1S/C11H8BrNO/c1-2-3-7-10-13-11-8(12)5-4-6-9(11)14-10/h1,4-6H,3,7H2. The van der Waals surface area contributed by atoms with Crippen molar-refractivity contribution in [3.05, 3.63) is 28.6 Å². The molecule has 2 rings (SSSR count). The van der Waals surface area contributed by atoms with E-state index < -0.39 is 0 Å². The molecule has 0 N–H and O–H groups in total. The van der Waals surface area contributed by atoms with Crippen LogP contribution in [0.1, 0.15) is 12.3 Å². The molecule has 2 aromatic rings. The Bertz CT molecular complexity index is 495. The summed E-state index contributed by atoms with van der Waals surface area (Å²) in [6.45, 7) is 0. The first kappa shape index (κ1) is 9.29. The minimum absolute atomic E-state index is 0.657. The van der Waals surface area contributed by atoms with Crippen LogP contribution in [-0.2, 0) is 6.42 Å². The van der Waals surface area contributed by atoms with E-state index in [0.717, 1.165) is 15.6 Å². The van der Waals surface area contributed by atoms with Crippen molar-refractivity contribution in [2.24, 2.45) is 0 Å². The Morgan fingerprint density at radius 3 is 3.07 bits per heavy atom. The molecule has 3 heteroatoms. The van der Waals surface area contributed by atoms with Crippen LogP contribution in [0.2, 0.25) is 0 Å². The molecule has 1 heterocycles. The molecule has 1 aromatic heterocycles. The van der Waals surface area contributed by atoms with E-state index in [1.165, 1.54) is 0 Å². The van der Waals surface area contributed by atoms with Crippen molar-refractivity contribution in [3.8, 4) is 12.3 Å². The third-order valence-electron chi connectivity index (χ3n) is 1.90. The van der Waals surface area contributed by atoms with Gasteiger partial charge in [0.1, 0.15) is 5.52 Å². The van der Waals surface area contributed by atoms with E-state index in [1.807, 2.05) is 18.2 Å². The third-order valence-corrected chi connectivity index (χ3v) is 2.54. The molecule has 0 amide bonds. The van der Waals surface area contributed by atoms with Gasteiger partial charge in [0.25, 0.3) is 0 Å². The van der Waals surface area contributed by atoms with Crippen molar-refractivity contribution in [1.29, 1.82) is 0 Å². The van der Waals surface area contributed by atoms with Crippen LogP contribution in [0.5, 0.6) is 0 Å². The highest BCUT2D eigenvalue weighted by atomic mass is 79.9. The highest BCUT2D eigenvalue weighted by Crippen LogP contribution is 2.24. The summed E-state index contributed by atoms with van der Waals surface area (Å²) in [6, 6.07) is 5.75.